The van der Waals surface area contributed by atoms with Gasteiger partial charge in [0, 0.05) is 19.6 Å². The molecule has 3 nitrogen and oxygen atoms in total. The third kappa shape index (κ3) is 7.30. The molecule has 2 N–H and O–H groups in total. The summed E-state index contributed by atoms with van der Waals surface area (Å²) in [5.41, 5.74) is 0. The minimum atomic E-state index is -0.604. The number of aliphatic hydroxyl groups is 2. The van der Waals surface area contributed by atoms with Gasteiger partial charge in [-0.2, -0.15) is 0 Å². The van der Waals surface area contributed by atoms with Gasteiger partial charge >= 0.3 is 0 Å². The molecule has 0 spiro atoms. The molecule has 0 fully saturated rings. The summed E-state index contributed by atoms with van der Waals surface area (Å²) in [7, 11) is 0. The van der Waals surface area contributed by atoms with E-state index >= 15 is 0 Å². The van der Waals surface area contributed by atoms with Crippen LogP contribution >= 0.6 is 0 Å². The second-order valence-electron chi connectivity index (χ2n) is 4.84. The molecule has 0 bridgehead atoms. The molecule has 86 valence electrons. The maximum absolute atomic E-state index is 9.36. The van der Waals surface area contributed by atoms with Crippen LogP contribution in [0.2, 0.25) is 0 Å². The molecule has 0 aliphatic carbocycles. The van der Waals surface area contributed by atoms with Crippen molar-refractivity contribution in [3.05, 3.63) is 0 Å². The Morgan fingerprint density at radius 2 is 1.36 bits per heavy atom. The third-order valence-electron chi connectivity index (χ3n) is 1.93. The number of aliphatic hydroxyl groups excluding tert-OH is 2. The van der Waals surface area contributed by atoms with Crippen LogP contribution in [0.4, 0.5) is 0 Å². The van der Waals surface area contributed by atoms with Crippen molar-refractivity contribution in [1.29, 1.82) is 0 Å². The molecule has 0 saturated heterocycles. The third-order valence-corrected chi connectivity index (χ3v) is 1.93. The molecular weight excluding hydrogens is 178 g/mol. The van der Waals surface area contributed by atoms with E-state index < -0.39 is 6.10 Å². The Morgan fingerprint density at radius 1 is 0.929 bits per heavy atom. The molecule has 0 heterocycles. The zero-order valence-electron chi connectivity index (χ0n) is 9.90. The minimum absolute atomic E-state index is 0.146. The fourth-order valence-electron chi connectivity index (χ4n) is 1.61. The Bertz CT molecular complexity index is 127. The van der Waals surface area contributed by atoms with E-state index in [-0.39, 0.29) is 6.61 Å². The molecule has 0 aliphatic rings. The van der Waals surface area contributed by atoms with Gasteiger partial charge in [0.1, 0.15) is 0 Å². The quantitative estimate of drug-likeness (QED) is 0.647. The van der Waals surface area contributed by atoms with E-state index in [1.165, 1.54) is 0 Å². The van der Waals surface area contributed by atoms with E-state index in [2.05, 4.69) is 32.6 Å². The summed E-state index contributed by atoms with van der Waals surface area (Å²) in [6.45, 7) is 11.1. The first kappa shape index (κ1) is 13.9. The maximum Gasteiger partial charge on any atom is 0.0897 e. The molecule has 0 aliphatic heterocycles. The summed E-state index contributed by atoms with van der Waals surface area (Å²) >= 11 is 0. The van der Waals surface area contributed by atoms with Crippen molar-refractivity contribution in [2.75, 3.05) is 26.2 Å². The summed E-state index contributed by atoms with van der Waals surface area (Å²) < 4.78 is 0. The molecule has 3 heteroatoms. The smallest absolute Gasteiger partial charge is 0.0897 e. The highest BCUT2D eigenvalue weighted by atomic mass is 16.3. The van der Waals surface area contributed by atoms with Crippen LogP contribution in [0.3, 0.4) is 0 Å². The molecule has 1 atom stereocenters. The predicted octanol–water partition coefficient (Wildman–Crippen LogP) is 0.954. The first-order valence-corrected chi connectivity index (χ1v) is 5.47. The second-order valence-corrected chi connectivity index (χ2v) is 4.84. The van der Waals surface area contributed by atoms with Gasteiger partial charge < -0.3 is 15.1 Å². The lowest BCUT2D eigenvalue weighted by atomic mass is 10.1. The van der Waals surface area contributed by atoms with Crippen LogP contribution < -0.4 is 0 Å². The van der Waals surface area contributed by atoms with Crippen molar-refractivity contribution < 1.29 is 10.2 Å². The Labute approximate surface area is 87.7 Å². The molecule has 0 aromatic rings. The topological polar surface area (TPSA) is 43.7 Å². The minimum Gasteiger partial charge on any atom is -0.394 e. The van der Waals surface area contributed by atoms with Gasteiger partial charge in [-0.05, 0) is 11.8 Å². The van der Waals surface area contributed by atoms with E-state index in [1.54, 1.807) is 0 Å². The Morgan fingerprint density at radius 3 is 1.64 bits per heavy atom. The Hall–Kier alpha value is -0.120. The lowest BCUT2D eigenvalue weighted by Gasteiger charge is -2.27. The number of hydrogen-bond acceptors (Lipinski definition) is 3. The fourth-order valence-corrected chi connectivity index (χ4v) is 1.61. The van der Waals surface area contributed by atoms with Crippen molar-refractivity contribution in [2.24, 2.45) is 11.8 Å². The largest absolute Gasteiger partial charge is 0.394 e. The summed E-state index contributed by atoms with van der Waals surface area (Å²) in [6.07, 6.45) is -0.604. The van der Waals surface area contributed by atoms with E-state index in [1.807, 2.05) is 0 Å². The number of nitrogens with zero attached hydrogens (tertiary/aromatic N) is 1. The van der Waals surface area contributed by atoms with Gasteiger partial charge in [0.25, 0.3) is 0 Å². The van der Waals surface area contributed by atoms with Gasteiger partial charge in [-0.1, -0.05) is 27.7 Å². The van der Waals surface area contributed by atoms with Crippen LogP contribution in [0.25, 0.3) is 0 Å². The van der Waals surface area contributed by atoms with Gasteiger partial charge in [-0.3, -0.25) is 0 Å². The highest BCUT2D eigenvalue weighted by Crippen LogP contribution is 2.04. The molecular formula is C11H25NO2. The normalized spacial score (nSPS) is 14.4. The van der Waals surface area contributed by atoms with E-state index in [4.69, 9.17) is 5.11 Å². The van der Waals surface area contributed by atoms with Crippen LogP contribution in [-0.4, -0.2) is 47.5 Å². The molecule has 0 aromatic carbocycles. The maximum atomic E-state index is 9.36. The Kier molecular flexibility index (Phi) is 7.15. The fraction of sp³-hybridized carbons (Fsp3) is 1.00. The van der Waals surface area contributed by atoms with E-state index in [0.717, 1.165) is 13.1 Å². The zero-order valence-corrected chi connectivity index (χ0v) is 9.90. The van der Waals surface area contributed by atoms with Crippen molar-refractivity contribution in [1.82, 2.24) is 4.90 Å². The molecule has 0 radical (unpaired) electrons. The standard InChI is InChI=1S/C11H25NO2/c1-9(2)5-12(6-10(3)4)7-11(14)8-13/h9-11,13-14H,5-8H2,1-4H3. The van der Waals surface area contributed by atoms with Crippen LogP contribution in [0.1, 0.15) is 27.7 Å². The van der Waals surface area contributed by atoms with Crippen LogP contribution in [-0.2, 0) is 0 Å². The molecule has 0 aromatic heterocycles. The summed E-state index contributed by atoms with van der Waals surface area (Å²) in [4.78, 5) is 2.22. The second kappa shape index (κ2) is 7.21. The van der Waals surface area contributed by atoms with Crippen molar-refractivity contribution >= 4 is 0 Å². The van der Waals surface area contributed by atoms with Crippen LogP contribution in [0, 0.1) is 11.8 Å². The summed E-state index contributed by atoms with van der Waals surface area (Å²) in [6, 6.07) is 0. The predicted molar refractivity (Wildman–Crippen MR) is 59.2 cm³/mol. The lowest BCUT2D eigenvalue weighted by molar-refractivity contribution is 0.0519. The van der Waals surface area contributed by atoms with E-state index in [0.29, 0.717) is 18.4 Å². The summed E-state index contributed by atoms with van der Waals surface area (Å²) in [5, 5.41) is 18.1. The first-order valence-electron chi connectivity index (χ1n) is 5.47. The van der Waals surface area contributed by atoms with Gasteiger partial charge in [0.2, 0.25) is 0 Å². The first-order chi connectivity index (χ1) is 6.45. The van der Waals surface area contributed by atoms with Crippen molar-refractivity contribution in [3.63, 3.8) is 0 Å². The average Bonchev–Trinajstić information content (AvgIpc) is 2.01. The SMILES string of the molecule is CC(C)CN(CC(C)C)CC(O)CO. The molecule has 0 rings (SSSR count). The van der Waals surface area contributed by atoms with Gasteiger partial charge in [0.05, 0.1) is 12.7 Å². The average molecular weight is 203 g/mol. The van der Waals surface area contributed by atoms with Gasteiger partial charge in [-0.15, -0.1) is 0 Å². The van der Waals surface area contributed by atoms with Crippen LogP contribution in [0.15, 0.2) is 0 Å². The van der Waals surface area contributed by atoms with Gasteiger partial charge in [-0.25, -0.2) is 0 Å². The number of hydrogen-bond donors (Lipinski definition) is 2. The number of rotatable bonds is 7. The molecule has 1 unspecified atom stereocenters. The Balaban J connectivity index is 3.96. The van der Waals surface area contributed by atoms with Crippen LogP contribution in [0.5, 0.6) is 0 Å². The monoisotopic (exact) mass is 203 g/mol. The zero-order chi connectivity index (χ0) is 11.1. The van der Waals surface area contributed by atoms with E-state index in [9.17, 15) is 5.11 Å². The summed E-state index contributed by atoms with van der Waals surface area (Å²) in [5.74, 6) is 1.19. The van der Waals surface area contributed by atoms with Gasteiger partial charge in [0.15, 0.2) is 0 Å². The molecule has 0 amide bonds. The highest BCUT2D eigenvalue weighted by molar-refractivity contribution is 4.66. The van der Waals surface area contributed by atoms with Crippen molar-refractivity contribution in [3.8, 4) is 0 Å². The highest BCUT2D eigenvalue weighted by Gasteiger charge is 2.13. The lowest BCUT2D eigenvalue weighted by Crippen LogP contribution is -2.38. The molecule has 14 heavy (non-hydrogen) atoms. The molecule has 0 saturated carbocycles. The van der Waals surface area contributed by atoms with Crippen molar-refractivity contribution in [2.45, 2.75) is 33.8 Å².